The first-order chi connectivity index (χ1) is 7.69. The fraction of sp³-hybridized carbons (Fsp3) is 0.538. The van der Waals surface area contributed by atoms with E-state index >= 15 is 0 Å². The third kappa shape index (κ3) is 2.58. The summed E-state index contributed by atoms with van der Waals surface area (Å²) in [6, 6.07) is 6.24. The molecule has 0 amide bonds. The molecule has 0 spiro atoms. The number of halogens is 1. The van der Waals surface area contributed by atoms with Crippen molar-refractivity contribution in [2.75, 3.05) is 20.7 Å². The Kier molecular flexibility index (Phi) is 3.55. The van der Waals surface area contributed by atoms with Crippen LogP contribution in [0, 0.1) is 5.41 Å². The van der Waals surface area contributed by atoms with Crippen molar-refractivity contribution in [3.8, 4) is 5.75 Å². The summed E-state index contributed by atoms with van der Waals surface area (Å²) in [6.45, 7) is 1.10. The Labute approximate surface area is 106 Å². The SMILES string of the molecule is CNCC1(Cc2cc(Br)ccc2OC)CC1. The molecule has 88 valence electrons. The molecule has 2 nitrogen and oxygen atoms in total. The smallest absolute Gasteiger partial charge is 0.122 e. The van der Waals surface area contributed by atoms with E-state index in [0.29, 0.717) is 5.41 Å². The zero-order valence-electron chi connectivity index (χ0n) is 9.85. The molecule has 0 atom stereocenters. The number of rotatable bonds is 5. The number of hydrogen-bond acceptors (Lipinski definition) is 2. The molecule has 0 aromatic heterocycles. The second kappa shape index (κ2) is 4.76. The first-order valence-corrected chi connectivity index (χ1v) is 6.45. The molecule has 1 aliphatic rings. The highest BCUT2D eigenvalue weighted by Crippen LogP contribution is 2.49. The highest BCUT2D eigenvalue weighted by atomic mass is 79.9. The quantitative estimate of drug-likeness (QED) is 0.897. The summed E-state index contributed by atoms with van der Waals surface area (Å²) < 4.78 is 6.54. The first-order valence-electron chi connectivity index (χ1n) is 5.66. The van der Waals surface area contributed by atoms with Crippen molar-refractivity contribution in [1.82, 2.24) is 5.32 Å². The monoisotopic (exact) mass is 283 g/mol. The van der Waals surface area contributed by atoms with E-state index in [0.717, 1.165) is 23.2 Å². The summed E-state index contributed by atoms with van der Waals surface area (Å²) in [4.78, 5) is 0. The second-order valence-corrected chi connectivity index (χ2v) is 5.58. The van der Waals surface area contributed by atoms with Crippen molar-refractivity contribution in [3.05, 3.63) is 28.2 Å². The van der Waals surface area contributed by atoms with Crippen LogP contribution in [0.5, 0.6) is 5.75 Å². The van der Waals surface area contributed by atoms with Gasteiger partial charge in [0.15, 0.2) is 0 Å². The van der Waals surface area contributed by atoms with E-state index in [1.165, 1.54) is 18.4 Å². The second-order valence-electron chi connectivity index (χ2n) is 4.66. The van der Waals surface area contributed by atoms with Crippen LogP contribution >= 0.6 is 15.9 Å². The van der Waals surface area contributed by atoms with Crippen molar-refractivity contribution in [1.29, 1.82) is 0 Å². The average molecular weight is 284 g/mol. The molecule has 1 N–H and O–H groups in total. The number of methoxy groups -OCH3 is 1. The van der Waals surface area contributed by atoms with Crippen molar-refractivity contribution in [2.24, 2.45) is 5.41 Å². The van der Waals surface area contributed by atoms with E-state index in [1.54, 1.807) is 7.11 Å². The number of benzene rings is 1. The normalized spacial score (nSPS) is 17.2. The van der Waals surface area contributed by atoms with Crippen LogP contribution < -0.4 is 10.1 Å². The van der Waals surface area contributed by atoms with E-state index < -0.39 is 0 Å². The van der Waals surface area contributed by atoms with Crippen LogP contribution in [-0.4, -0.2) is 20.7 Å². The zero-order valence-corrected chi connectivity index (χ0v) is 11.4. The molecule has 16 heavy (non-hydrogen) atoms. The molecular weight excluding hydrogens is 266 g/mol. The van der Waals surface area contributed by atoms with Gasteiger partial charge in [0.2, 0.25) is 0 Å². The molecule has 1 aromatic carbocycles. The topological polar surface area (TPSA) is 21.3 Å². The van der Waals surface area contributed by atoms with Gasteiger partial charge < -0.3 is 10.1 Å². The van der Waals surface area contributed by atoms with E-state index in [9.17, 15) is 0 Å². The Balaban J connectivity index is 2.17. The summed E-state index contributed by atoms with van der Waals surface area (Å²) in [7, 11) is 3.77. The molecule has 3 heteroatoms. The van der Waals surface area contributed by atoms with E-state index in [-0.39, 0.29) is 0 Å². The summed E-state index contributed by atoms with van der Waals surface area (Å²) in [5.41, 5.74) is 1.78. The van der Waals surface area contributed by atoms with Gasteiger partial charge in [-0.3, -0.25) is 0 Å². The molecule has 1 aliphatic carbocycles. The Morgan fingerprint density at radius 3 is 2.75 bits per heavy atom. The number of nitrogens with one attached hydrogen (secondary N) is 1. The fourth-order valence-corrected chi connectivity index (χ4v) is 2.67. The summed E-state index contributed by atoms with van der Waals surface area (Å²) in [6.07, 6.45) is 3.75. The van der Waals surface area contributed by atoms with Gasteiger partial charge in [-0.2, -0.15) is 0 Å². The van der Waals surface area contributed by atoms with Crippen molar-refractivity contribution < 1.29 is 4.74 Å². The average Bonchev–Trinajstić information content (AvgIpc) is 2.99. The maximum atomic E-state index is 5.41. The minimum atomic E-state index is 0.475. The zero-order chi connectivity index (χ0) is 11.6. The molecule has 2 rings (SSSR count). The van der Waals surface area contributed by atoms with Gasteiger partial charge in [-0.25, -0.2) is 0 Å². The van der Waals surface area contributed by atoms with Gasteiger partial charge in [-0.05, 0) is 55.5 Å². The third-order valence-corrected chi connectivity index (χ3v) is 3.81. The van der Waals surface area contributed by atoms with Crippen molar-refractivity contribution >= 4 is 15.9 Å². The standard InChI is InChI=1S/C13H18BrNO/c1-15-9-13(5-6-13)8-10-7-11(14)3-4-12(10)16-2/h3-4,7,15H,5-6,8-9H2,1-2H3. The number of hydrogen-bond donors (Lipinski definition) is 1. The molecule has 0 heterocycles. The van der Waals surface area contributed by atoms with Gasteiger partial charge in [0.25, 0.3) is 0 Å². The van der Waals surface area contributed by atoms with Gasteiger partial charge in [0.1, 0.15) is 5.75 Å². The van der Waals surface area contributed by atoms with Crippen LogP contribution in [0.3, 0.4) is 0 Å². The molecular formula is C13H18BrNO. The van der Waals surface area contributed by atoms with Gasteiger partial charge in [0.05, 0.1) is 7.11 Å². The van der Waals surface area contributed by atoms with E-state index in [2.05, 4.69) is 27.3 Å². The molecule has 1 saturated carbocycles. The van der Waals surface area contributed by atoms with Gasteiger partial charge >= 0.3 is 0 Å². The minimum absolute atomic E-state index is 0.475. The lowest BCUT2D eigenvalue weighted by molar-refractivity contribution is 0.399. The minimum Gasteiger partial charge on any atom is -0.496 e. The summed E-state index contributed by atoms with van der Waals surface area (Å²) in [5.74, 6) is 1.01. The lowest BCUT2D eigenvalue weighted by Gasteiger charge is -2.17. The molecule has 1 aromatic rings. The maximum Gasteiger partial charge on any atom is 0.122 e. The lowest BCUT2D eigenvalue weighted by Crippen LogP contribution is -2.22. The van der Waals surface area contributed by atoms with E-state index in [4.69, 9.17) is 4.74 Å². The molecule has 0 radical (unpaired) electrons. The van der Waals surface area contributed by atoms with Crippen molar-refractivity contribution in [3.63, 3.8) is 0 Å². The van der Waals surface area contributed by atoms with Gasteiger partial charge in [0, 0.05) is 11.0 Å². The van der Waals surface area contributed by atoms with Crippen LogP contribution in [-0.2, 0) is 6.42 Å². The first kappa shape index (κ1) is 11.9. The fourth-order valence-electron chi connectivity index (χ4n) is 2.26. The van der Waals surface area contributed by atoms with Crippen LogP contribution in [0.15, 0.2) is 22.7 Å². The van der Waals surface area contributed by atoms with Crippen LogP contribution in [0.25, 0.3) is 0 Å². The predicted octanol–water partition coefficient (Wildman–Crippen LogP) is 3.00. The Morgan fingerprint density at radius 2 is 2.19 bits per heavy atom. The van der Waals surface area contributed by atoms with Crippen LogP contribution in [0.2, 0.25) is 0 Å². The van der Waals surface area contributed by atoms with Crippen molar-refractivity contribution in [2.45, 2.75) is 19.3 Å². The van der Waals surface area contributed by atoms with Gasteiger partial charge in [-0.15, -0.1) is 0 Å². The van der Waals surface area contributed by atoms with Gasteiger partial charge in [-0.1, -0.05) is 15.9 Å². The third-order valence-electron chi connectivity index (χ3n) is 3.32. The number of ether oxygens (including phenoxy) is 1. The Hall–Kier alpha value is -0.540. The highest BCUT2D eigenvalue weighted by molar-refractivity contribution is 9.10. The summed E-state index contributed by atoms with van der Waals surface area (Å²) >= 11 is 3.52. The molecule has 0 bridgehead atoms. The largest absolute Gasteiger partial charge is 0.496 e. The molecule has 1 fully saturated rings. The van der Waals surface area contributed by atoms with Crippen LogP contribution in [0.1, 0.15) is 18.4 Å². The highest BCUT2D eigenvalue weighted by Gasteiger charge is 2.42. The van der Waals surface area contributed by atoms with E-state index in [1.807, 2.05) is 19.2 Å². The molecule has 0 saturated heterocycles. The predicted molar refractivity (Wildman–Crippen MR) is 70.0 cm³/mol. The van der Waals surface area contributed by atoms with Crippen LogP contribution in [0.4, 0.5) is 0 Å². The molecule has 0 aliphatic heterocycles. The Morgan fingerprint density at radius 1 is 1.44 bits per heavy atom. The summed E-state index contributed by atoms with van der Waals surface area (Å²) in [5, 5.41) is 3.29. The lowest BCUT2D eigenvalue weighted by atomic mass is 9.96. The molecule has 0 unspecified atom stereocenters. The maximum absolute atomic E-state index is 5.41. The Bertz CT molecular complexity index is 374.